The van der Waals surface area contributed by atoms with Crippen molar-refractivity contribution < 1.29 is 28.6 Å². The van der Waals surface area contributed by atoms with E-state index in [1.54, 1.807) is 0 Å². The highest BCUT2D eigenvalue weighted by molar-refractivity contribution is 5.71. The number of allylic oxidation sites excluding steroid dienone is 10. The average Bonchev–Trinajstić information content (AvgIpc) is 3.30. The van der Waals surface area contributed by atoms with E-state index in [-0.39, 0.29) is 31.1 Å². The second-order valence-corrected chi connectivity index (χ2v) is 18.5. The molecule has 0 aliphatic rings. The number of rotatable bonds is 50. The van der Waals surface area contributed by atoms with Crippen LogP contribution in [0.3, 0.4) is 0 Å². The maximum atomic E-state index is 12.8. The van der Waals surface area contributed by atoms with Crippen LogP contribution in [0.2, 0.25) is 0 Å². The molecule has 0 amide bonds. The van der Waals surface area contributed by atoms with Crippen molar-refractivity contribution >= 4 is 17.9 Å². The topological polar surface area (TPSA) is 78.9 Å². The molecular formula is C59H104O6. The third kappa shape index (κ3) is 51.9. The van der Waals surface area contributed by atoms with Gasteiger partial charge < -0.3 is 14.2 Å². The van der Waals surface area contributed by atoms with Gasteiger partial charge in [0.25, 0.3) is 0 Å². The van der Waals surface area contributed by atoms with Crippen molar-refractivity contribution in [3.05, 3.63) is 60.8 Å². The SMILES string of the molecule is CC/C=C\C/C=C\C/C=C\CCCCCC(=O)OCC(COC(=O)CCCCCCCCC/C=C\C/C=C\CCCCCC)OC(=O)CCCCCCCCCCCCCCCCCC. The van der Waals surface area contributed by atoms with Gasteiger partial charge in [0.15, 0.2) is 6.10 Å². The van der Waals surface area contributed by atoms with Crippen LogP contribution < -0.4 is 0 Å². The van der Waals surface area contributed by atoms with Crippen LogP contribution in [-0.4, -0.2) is 37.2 Å². The summed E-state index contributed by atoms with van der Waals surface area (Å²) in [6.07, 6.45) is 66.4. The Morgan fingerprint density at radius 1 is 0.323 bits per heavy atom. The second-order valence-electron chi connectivity index (χ2n) is 18.5. The van der Waals surface area contributed by atoms with Crippen molar-refractivity contribution in [2.75, 3.05) is 13.2 Å². The summed E-state index contributed by atoms with van der Waals surface area (Å²) in [7, 11) is 0. The summed E-state index contributed by atoms with van der Waals surface area (Å²) in [6, 6.07) is 0. The zero-order chi connectivity index (χ0) is 47.2. The molecule has 0 aromatic carbocycles. The lowest BCUT2D eigenvalue weighted by molar-refractivity contribution is -0.167. The Morgan fingerprint density at radius 2 is 0.600 bits per heavy atom. The molecular weight excluding hydrogens is 805 g/mol. The number of esters is 3. The first-order valence-electron chi connectivity index (χ1n) is 27.8. The van der Waals surface area contributed by atoms with Crippen molar-refractivity contribution in [3.8, 4) is 0 Å². The lowest BCUT2D eigenvalue weighted by atomic mass is 10.0. The number of carbonyl (C=O) groups is 3. The van der Waals surface area contributed by atoms with Gasteiger partial charge in [-0.3, -0.25) is 14.4 Å². The minimum absolute atomic E-state index is 0.0858. The van der Waals surface area contributed by atoms with Crippen LogP contribution in [0, 0.1) is 0 Å². The van der Waals surface area contributed by atoms with E-state index >= 15 is 0 Å². The van der Waals surface area contributed by atoms with E-state index in [2.05, 4.69) is 81.5 Å². The third-order valence-electron chi connectivity index (χ3n) is 12.0. The van der Waals surface area contributed by atoms with E-state index in [0.717, 1.165) is 96.3 Å². The van der Waals surface area contributed by atoms with Gasteiger partial charge in [0.2, 0.25) is 0 Å². The molecule has 1 unspecified atom stereocenters. The van der Waals surface area contributed by atoms with Gasteiger partial charge >= 0.3 is 17.9 Å². The van der Waals surface area contributed by atoms with Gasteiger partial charge in [-0.2, -0.15) is 0 Å². The summed E-state index contributed by atoms with van der Waals surface area (Å²) in [5.41, 5.74) is 0. The Hall–Kier alpha value is -2.89. The fourth-order valence-electron chi connectivity index (χ4n) is 7.84. The lowest BCUT2D eigenvalue weighted by Crippen LogP contribution is -2.30. The summed E-state index contributed by atoms with van der Waals surface area (Å²) < 4.78 is 16.8. The molecule has 0 aromatic rings. The van der Waals surface area contributed by atoms with Gasteiger partial charge in [0.05, 0.1) is 0 Å². The quantitative estimate of drug-likeness (QED) is 0.0262. The summed E-state index contributed by atoms with van der Waals surface area (Å²) in [5, 5.41) is 0. The highest BCUT2D eigenvalue weighted by Crippen LogP contribution is 2.16. The van der Waals surface area contributed by atoms with E-state index in [9.17, 15) is 14.4 Å². The van der Waals surface area contributed by atoms with Crippen molar-refractivity contribution in [2.24, 2.45) is 0 Å². The molecule has 0 radical (unpaired) electrons. The van der Waals surface area contributed by atoms with Crippen LogP contribution in [0.4, 0.5) is 0 Å². The molecule has 1 atom stereocenters. The molecule has 0 fully saturated rings. The van der Waals surface area contributed by atoms with Crippen molar-refractivity contribution in [2.45, 2.75) is 284 Å². The van der Waals surface area contributed by atoms with Gasteiger partial charge in [-0.05, 0) is 83.5 Å². The molecule has 0 saturated heterocycles. The van der Waals surface area contributed by atoms with Gasteiger partial charge in [-0.1, -0.05) is 236 Å². The summed E-state index contributed by atoms with van der Waals surface area (Å²) >= 11 is 0. The first-order chi connectivity index (χ1) is 32.0. The molecule has 0 heterocycles. The van der Waals surface area contributed by atoms with Gasteiger partial charge in [-0.25, -0.2) is 0 Å². The van der Waals surface area contributed by atoms with Crippen LogP contribution in [0.25, 0.3) is 0 Å². The Bertz CT molecular complexity index is 1180. The summed E-state index contributed by atoms with van der Waals surface area (Å²) in [5.74, 6) is -0.913. The molecule has 376 valence electrons. The standard InChI is InChI=1S/C59H104O6/c1-4-7-10-13-16-19-22-25-27-29-30-32-34-37-40-43-46-49-52-58(61)64-55-56(54-63-57(60)51-48-45-42-39-36-33-24-21-18-15-12-9-6-3)65-59(62)53-50-47-44-41-38-35-31-28-26-23-20-17-14-11-8-5-2/h9,12,18-19,21-22,27,29,33,36,56H,4-8,10-11,13-17,20,23-26,28,30-32,34-35,37-55H2,1-3H3/b12-9-,21-18-,22-19-,29-27-,36-33-. The Kier molecular flexibility index (Phi) is 51.3. The monoisotopic (exact) mass is 909 g/mol. The molecule has 6 heteroatoms. The minimum Gasteiger partial charge on any atom is -0.462 e. The zero-order valence-corrected chi connectivity index (χ0v) is 43.0. The van der Waals surface area contributed by atoms with E-state index in [1.165, 1.54) is 141 Å². The predicted molar refractivity (Wildman–Crippen MR) is 279 cm³/mol. The van der Waals surface area contributed by atoms with Crippen molar-refractivity contribution in [3.63, 3.8) is 0 Å². The molecule has 6 nitrogen and oxygen atoms in total. The first kappa shape index (κ1) is 62.1. The molecule has 0 spiro atoms. The van der Waals surface area contributed by atoms with Gasteiger partial charge in [0, 0.05) is 19.3 Å². The molecule has 0 N–H and O–H groups in total. The van der Waals surface area contributed by atoms with Crippen molar-refractivity contribution in [1.82, 2.24) is 0 Å². The normalized spacial score (nSPS) is 12.5. The Labute approximate surface area is 402 Å². The summed E-state index contributed by atoms with van der Waals surface area (Å²) in [4.78, 5) is 38.1. The second kappa shape index (κ2) is 53.7. The molecule has 65 heavy (non-hydrogen) atoms. The number of unbranched alkanes of at least 4 members (excludes halogenated alkanes) is 29. The van der Waals surface area contributed by atoms with Crippen LogP contribution in [0.15, 0.2) is 60.8 Å². The van der Waals surface area contributed by atoms with Crippen LogP contribution in [0.5, 0.6) is 0 Å². The van der Waals surface area contributed by atoms with Crippen molar-refractivity contribution in [1.29, 1.82) is 0 Å². The maximum absolute atomic E-state index is 12.8. The Balaban J connectivity index is 4.39. The van der Waals surface area contributed by atoms with E-state index in [0.29, 0.717) is 19.3 Å². The lowest BCUT2D eigenvalue weighted by Gasteiger charge is -2.18. The average molecular weight is 909 g/mol. The molecule has 0 aromatic heterocycles. The molecule has 0 saturated carbocycles. The van der Waals surface area contributed by atoms with Crippen LogP contribution in [-0.2, 0) is 28.6 Å². The molecule has 0 rings (SSSR count). The first-order valence-corrected chi connectivity index (χ1v) is 27.8. The third-order valence-corrected chi connectivity index (χ3v) is 12.0. The van der Waals surface area contributed by atoms with Crippen LogP contribution in [0.1, 0.15) is 278 Å². The highest BCUT2D eigenvalue weighted by Gasteiger charge is 2.19. The van der Waals surface area contributed by atoms with E-state index < -0.39 is 6.10 Å². The van der Waals surface area contributed by atoms with Gasteiger partial charge in [0.1, 0.15) is 13.2 Å². The highest BCUT2D eigenvalue weighted by atomic mass is 16.6. The molecule has 0 bridgehead atoms. The smallest absolute Gasteiger partial charge is 0.306 e. The largest absolute Gasteiger partial charge is 0.462 e. The fourth-order valence-corrected chi connectivity index (χ4v) is 7.84. The number of carbonyl (C=O) groups excluding carboxylic acids is 3. The number of hydrogen-bond acceptors (Lipinski definition) is 6. The zero-order valence-electron chi connectivity index (χ0n) is 43.0. The molecule has 0 aliphatic heterocycles. The fraction of sp³-hybridized carbons (Fsp3) is 0.780. The predicted octanol–water partition coefficient (Wildman–Crippen LogP) is 18.4. The maximum Gasteiger partial charge on any atom is 0.306 e. The van der Waals surface area contributed by atoms with Crippen LogP contribution >= 0.6 is 0 Å². The van der Waals surface area contributed by atoms with E-state index in [1.807, 2.05) is 0 Å². The van der Waals surface area contributed by atoms with Gasteiger partial charge in [-0.15, -0.1) is 0 Å². The number of hydrogen-bond donors (Lipinski definition) is 0. The Morgan fingerprint density at radius 3 is 0.969 bits per heavy atom. The number of ether oxygens (including phenoxy) is 3. The molecule has 0 aliphatic carbocycles. The van der Waals surface area contributed by atoms with E-state index in [4.69, 9.17) is 14.2 Å². The summed E-state index contributed by atoms with van der Waals surface area (Å²) in [6.45, 7) is 6.50. The minimum atomic E-state index is -0.787.